The van der Waals surface area contributed by atoms with E-state index in [4.69, 9.17) is 17.3 Å². The summed E-state index contributed by atoms with van der Waals surface area (Å²) in [6.45, 7) is 6.08. The van der Waals surface area contributed by atoms with Crippen molar-refractivity contribution < 1.29 is 12.8 Å². The first-order valence-electron chi connectivity index (χ1n) is 6.00. The fourth-order valence-corrected chi connectivity index (χ4v) is 3.17. The molecule has 0 aliphatic carbocycles. The van der Waals surface area contributed by atoms with E-state index in [0.717, 1.165) is 6.07 Å². The second-order valence-electron chi connectivity index (χ2n) is 4.97. The molecule has 20 heavy (non-hydrogen) atoms. The highest BCUT2D eigenvalue weighted by Crippen LogP contribution is 2.34. The summed E-state index contributed by atoms with van der Waals surface area (Å²) < 4.78 is 40.7. The van der Waals surface area contributed by atoms with Crippen LogP contribution in [0.25, 0.3) is 0 Å². The van der Waals surface area contributed by atoms with Gasteiger partial charge in [-0.1, -0.05) is 32.4 Å². The maximum absolute atomic E-state index is 14.0. The molecule has 4 nitrogen and oxygen atoms in total. The number of nitrogen functional groups attached to an aromatic ring is 1. The number of sulfonamides is 1. The maximum Gasteiger partial charge on any atom is 0.243 e. The lowest BCUT2D eigenvalue weighted by Gasteiger charge is -2.17. The van der Waals surface area contributed by atoms with Gasteiger partial charge in [-0.2, -0.15) is 0 Å². The molecule has 0 heterocycles. The van der Waals surface area contributed by atoms with E-state index in [1.54, 1.807) is 0 Å². The zero-order valence-corrected chi connectivity index (χ0v) is 14.5. The monoisotopic (exact) mass is 386 g/mol. The van der Waals surface area contributed by atoms with Gasteiger partial charge < -0.3 is 5.73 Å². The van der Waals surface area contributed by atoms with Gasteiger partial charge in [0.05, 0.1) is 15.2 Å². The first-order chi connectivity index (χ1) is 9.08. The zero-order chi connectivity index (χ0) is 15.7. The smallest absolute Gasteiger partial charge is 0.243 e. The highest BCUT2D eigenvalue weighted by Gasteiger charge is 2.24. The van der Waals surface area contributed by atoms with Crippen molar-refractivity contribution >= 4 is 43.2 Å². The third-order valence-electron chi connectivity index (χ3n) is 3.18. The van der Waals surface area contributed by atoms with Gasteiger partial charge in [0, 0.05) is 6.54 Å². The lowest BCUT2D eigenvalue weighted by Crippen LogP contribution is -2.31. The van der Waals surface area contributed by atoms with Crippen LogP contribution in [0.3, 0.4) is 0 Å². The van der Waals surface area contributed by atoms with Crippen LogP contribution < -0.4 is 10.5 Å². The molecule has 1 aromatic rings. The van der Waals surface area contributed by atoms with Crippen molar-refractivity contribution in [2.75, 3.05) is 12.3 Å². The van der Waals surface area contributed by atoms with Gasteiger partial charge in [-0.25, -0.2) is 17.5 Å². The summed E-state index contributed by atoms with van der Waals surface area (Å²) in [6, 6.07) is 1.04. The van der Waals surface area contributed by atoms with Gasteiger partial charge in [0.15, 0.2) is 5.82 Å². The lowest BCUT2D eigenvalue weighted by molar-refractivity contribution is 0.414. The highest BCUT2D eigenvalue weighted by molar-refractivity contribution is 9.10. The van der Waals surface area contributed by atoms with E-state index in [2.05, 4.69) is 20.7 Å². The number of nitrogens with one attached hydrogen (secondary N) is 1. The summed E-state index contributed by atoms with van der Waals surface area (Å²) in [5, 5.41) is 0.0428. The van der Waals surface area contributed by atoms with Crippen LogP contribution in [0.2, 0.25) is 5.02 Å². The third kappa shape index (κ3) is 3.84. The molecule has 1 atom stereocenters. The topological polar surface area (TPSA) is 72.2 Å². The van der Waals surface area contributed by atoms with Crippen LogP contribution >= 0.6 is 27.5 Å². The number of rotatable bonds is 5. The first kappa shape index (κ1) is 17.7. The normalized spacial score (nSPS) is 13.8. The Bertz CT molecular complexity index is 608. The van der Waals surface area contributed by atoms with E-state index in [1.165, 1.54) is 0 Å². The Morgan fingerprint density at radius 2 is 2.00 bits per heavy atom. The molecule has 0 fully saturated rings. The standard InChI is InChI=1S/C12H17BrClFN2O2S/c1-6(2)7(3)5-17-20(18,19)9-4-8(14)10(13)12(16)11(9)15/h4,6-7,17H,5,16H2,1-3H3. The van der Waals surface area contributed by atoms with Crippen molar-refractivity contribution in [2.45, 2.75) is 25.7 Å². The van der Waals surface area contributed by atoms with Crippen molar-refractivity contribution in [2.24, 2.45) is 11.8 Å². The average Bonchev–Trinajstić information content (AvgIpc) is 2.37. The van der Waals surface area contributed by atoms with Crippen molar-refractivity contribution in [3.63, 3.8) is 0 Å². The van der Waals surface area contributed by atoms with Crippen molar-refractivity contribution in [3.05, 3.63) is 21.4 Å². The van der Waals surface area contributed by atoms with Gasteiger partial charge in [-0.05, 0) is 33.8 Å². The van der Waals surface area contributed by atoms with E-state index < -0.39 is 20.7 Å². The molecular weight excluding hydrogens is 371 g/mol. The van der Waals surface area contributed by atoms with Crippen molar-refractivity contribution in [3.8, 4) is 0 Å². The lowest BCUT2D eigenvalue weighted by atomic mass is 9.99. The van der Waals surface area contributed by atoms with Crippen LogP contribution in [0.4, 0.5) is 10.1 Å². The summed E-state index contributed by atoms with van der Waals surface area (Å²) in [4.78, 5) is -0.542. The Morgan fingerprint density at radius 1 is 1.45 bits per heavy atom. The van der Waals surface area contributed by atoms with Gasteiger partial charge in [-0.15, -0.1) is 0 Å². The summed E-state index contributed by atoms with van der Waals surface area (Å²) in [5.41, 5.74) is 5.16. The predicted octanol–water partition coefficient (Wildman–Crippen LogP) is 3.39. The molecule has 0 aliphatic rings. The van der Waals surface area contributed by atoms with E-state index >= 15 is 0 Å². The van der Waals surface area contributed by atoms with Gasteiger partial charge >= 0.3 is 0 Å². The third-order valence-corrected chi connectivity index (χ3v) is 5.98. The molecule has 0 spiro atoms. The Kier molecular flexibility index (Phi) is 5.83. The number of halogens is 3. The number of hydrogen-bond donors (Lipinski definition) is 2. The van der Waals surface area contributed by atoms with Gasteiger partial charge in [0.2, 0.25) is 10.0 Å². The second-order valence-corrected chi connectivity index (χ2v) is 7.91. The Balaban J connectivity index is 3.11. The molecule has 0 bridgehead atoms. The van der Waals surface area contributed by atoms with E-state index in [9.17, 15) is 12.8 Å². The Hall–Kier alpha value is -0.370. The van der Waals surface area contributed by atoms with Crippen molar-refractivity contribution in [1.29, 1.82) is 0 Å². The number of nitrogens with two attached hydrogens (primary N) is 1. The average molecular weight is 388 g/mol. The fraction of sp³-hybridized carbons (Fsp3) is 0.500. The molecule has 8 heteroatoms. The number of hydrogen-bond acceptors (Lipinski definition) is 3. The van der Waals surface area contributed by atoms with Crippen LogP contribution in [0, 0.1) is 17.7 Å². The van der Waals surface area contributed by atoms with E-state index in [-0.39, 0.29) is 27.6 Å². The molecule has 1 aromatic carbocycles. The van der Waals surface area contributed by atoms with Crippen LogP contribution in [-0.4, -0.2) is 15.0 Å². The molecule has 1 unspecified atom stereocenters. The van der Waals surface area contributed by atoms with Crippen LogP contribution in [0.1, 0.15) is 20.8 Å². The van der Waals surface area contributed by atoms with Gasteiger partial charge in [0.25, 0.3) is 0 Å². The predicted molar refractivity (Wildman–Crippen MR) is 82.7 cm³/mol. The molecule has 0 saturated carbocycles. The highest BCUT2D eigenvalue weighted by atomic mass is 79.9. The number of anilines is 1. The summed E-state index contributed by atoms with van der Waals surface area (Å²) >= 11 is 8.82. The Labute approximate surface area is 132 Å². The summed E-state index contributed by atoms with van der Waals surface area (Å²) in [5.74, 6) is -0.580. The van der Waals surface area contributed by atoms with Gasteiger partial charge in [0.1, 0.15) is 4.90 Å². The minimum atomic E-state index is -3.99. The van der Waals surface area contributed by atoms with Crippen LogP contribution in [-0.2, 0) is 10.0 Å². The molecule has 0 amide bonds. The molecule has 0 saturated heterocycles. The van der Waals surface area contributed by atoms with Crippen LogP contribution in [0.5, 0.6) is 0 Å². The van der Waals surface area contributed by atoms with Crippen molar-refractivity contribution in [1.82, 2.24) is 4.72 Å². The number of benzene rings is 1. The molecule has 0 aromatic heterocycles. The largest absolute Gasteiger partial charge is 0.395 e. The second kappa shape index (κ2) is 6.60. The molecule has 1 rings (SSSR count). The maximum atomic E-state index is 14.0. The summed E-state index contributed by atoms with van der Waals surface area (Å²) in [7, 11) is -3.99. The molecular formula is C12H17BrClFN2O2S. The van der Waals surface area contributed by atoms with Gasteiger partial charge in [-0.3, -0.25) is 0 Å². The van der Waals surface area contributed by atoms with Crippen LogP contribution in [0.15, 0.2) is 15.4 Å². The van der Waals surface area contributed by atoms with E-state index in [0.29, 0.717) is 5.92 Å². The SMILES string of the molecule is CC(C)C(C)CNS(=O)(=O)c1cc(Cl)c(Br)c(N)c1F. The van der Waals surface area contributed by atoms with E-state index in [1.807, 2.05) is 20.8 Å². The molecule has 114 valence electrons. The minimum absolute atomic E-state index is 0.0428. The molecule has 0 radical (unpaired) electrons. The molecule has 0 aliphatic heterocycles. The summed E-state index contributed by atoms with van der Waals surface area (Å²) in [6.07, 6.45) is 0. The quantitative estimate of drug-likeness (QED) is 0.601. The fourth-order valence-electron chi connectivity index (χ4n) is 1.35. The zero-order valence-electron chi connectivity index (χ0n) is 11.4. The first-order valence-corrected chi connectivity index (χ1v) is 8.66. The Morgan fingerprint density at radius 3 is 2.50 bits per heavy atom. The molecule has 3 N–H and O–H groups in total. The minimum Gasteiger partial charge on any atom is -0.395 e.